The van der Waals surface area contributed by atoms with E-state index >= 15 is 0 Å². The minimum absolute atomic E-state index is 0.215. The van der Waals surface area contributed by atoms with E-state index in [2.05, 4.69) is 0 Å². The van der Waals surface area contributed by atoms with E-state index in [0.29, 0.717) is 5.75 Å². The van der Waals surface area contributed by atoms with Crippen molar-refractivity contribution in [2.75, 3.05) is 0 Å². The number of benzene rings is 2. The Balaban J connectivity index is 2.36. The summed E-state index contributed by atoms with van der Waals surface area (Å²) in [5.41, 5.74) is 0.119. The summed E-state index contributed by atoms with van der Waals surface area (Å²) in [4.78, 5) is 21.0. The maximum atomic E-state index is 10.9. The van der Waals surface area contributed by atoms with Crippen molar-refractivity contribution in [1.29, 1.82) is 0 Å². The van der Waals surface area contributed by atoms with E-state index < -0.39 is 16.6 Å². The highest BCUT2D eigenvalue weighted by Crippen LogP contribution is 2.28. The number of nitrogens with zero attached hydrogens (tertiary/aromatic N) is 1. The van der Waals surface area contributed by atoms with Crippen LogP contribution in [0.25, 0.3) is 0 Å². The van der Waals surface area contributed by atoms with Crippen LogP contribution in [-0.2, 0) is 0 Å². The molecule has 6 heteroatoms. The standard InChI is InChI=1S/C14H11NO5/c1-9-3-2-4-10(7-9)20-11-5-6-12(14(16)17)13(8-11)15(18)19/h2-8H,1H3,(H,16,17). The van der Waals surface area contributed by atoms with Gasteiger partial charge in [0, 0.05) is 0 Å². The number of carbonyl (C=O) groups is 1. The first-order valence-corrected chi connectivity index (χ1v) is 5.73. The van der Waals surface area contributed by atoms with Gasteiger partial charge in [-0.05, 0) is 36.8 Å². The minimum atomic E-state index is -1.35. The molecule has 0 fully saturated rings. The second-order valence-electron chi connectivity index (χ2n) is 4.16. The zero-order valence-corrected chi connectivity index (χ0v) is 10.6. The smallest absolute Gasteiger partial charge is 0.342 e. The number of rotatable bonds is 4. The molecule has 0 aromatic heterocycles. The van der Waals surface area contributed by atoms with Crippen LogP contribution in [0.2, 0.25) is 0 Å². The van der Waals surface area contributed by atoms with Crippen molar-refractivity contribution in [3.63, 3.8) is 0 Å². The lowest BCUT2D eigenvalue weighted by atomic mass is 10.1. The topological polar surface area (TPSA) is 89.7 Å². The summed E-state index contributed by atoms with van der Waals surface area (Å²) in [5, 5.41) is 19.8. The second-order valence-corrected chi connectivity index (χ2v) is 4.16. The lowest BCUT2D eigenvalue weighted by Crippen LogP contribution is -2.02. The first kappa shape index (κ1) is 13.5. The van der Waals surface area contributed by atoms with Crippen LogP contribution < -0.4 is 4.74 Å². The Morgan fingerprint density at radius 2 is 1.90 bits per heavy atom. The highest BCUT2D eigenvalue weighted by Gasteiger charge is 2.20. The van der Waals surface area contributed by atoms with E-state index in [1.54, 1.807) is 18.2 Å². The molecule has 0 amide bonds. The predicted octanol–water partition coefficient (Wildman–Crippen LogP) is 3.39. The van der Waals surface area contributed by atoms with E-state index in [-0.39, 0.29) is 11.3 Å². The Labute approximate surface area is 114 Å². The first-order chi connectivity index (χ1) is 9.47. The van der Waals surface area contributed by atoms with E-state index in [1.165, 1.54) is 6.07 Å². The minimum Gasteiger partial charge on any atom is -0.477 e. The van der Waals surface area contributed by atoms with Crippen LogP contribution in [0.15, 0.2) is 42.5 Å². The maximum Gasteiger partial charge on any atom is 0.342 e. The first-order valence-electron chi connectivity index (χ1n) is 5.73. The molecule has 2 rings (SSSR count). The summed E-state index contributed by atoms with van der Waals surface area (Å²) in [7, 11) is 0. The quantitative estimate of drug-likeness (QED) is 0.681. The number of hydrogen-bond donors (Lipinski definition) is 1. The largest absolute Gasteiger partial charge is 0.477 e. The van der Waals surface area contributed by atoms with E-state index in [0.717, 1.165) is 17.7 Å². The monoisotopic (exact) mass is 273 g/mol. The SMILES string of the molecule is Cc1cccc(Oc2ccc(C(=O)O)c([N+](=O)[O-])c2)c1. The summed E-state index contributed by atoms with van der Waals surface area (Å²) in [6, 6.07) is 10.8. The number of hydrogen-bond acceptors (Lipinski definition) is 4. The normalized spacial score (nSPS) is 10.1. The fourth-order valence-electron chi connectivity index (χ4n) is 1.72. The Bertz CT molecular complexity index is 681. The molecule has 0 unspecified atom stereocenters. The van der Waals surface area contributed by atoms with Gasteiger partial charge in [-0.15, -0.1) is 0 Å². The summed E-state index contributed by atoms with van der Waals surface area (Å²) >= 11 is 0. The summed E-state index contributed by atoms with van der Waals surface area (Å²) in [6.45, 7) is 1.89. The van der Waals surface area contributed by atoms with E-state index in [4.69, 9.17) is 9.84 Å². The lowest BCUT2D eigenvalue weighted by Gasteiger charge is -2.07. The third kappa shape index (κ3) is 2.92. The van der Waals surface area contributed by atoms with E-state index in [9.17, 15) is 14.9 Å². The van der Waals surface area contributed by atoms with Gasteiger partial charge < -0.3 is 9.84 Å². The van der Waals surface area contributed by atoms with Gasteiger partial charge in [0.15, 0.2) is 0 Å². The van der Waals surface area contributed by atoms with Crippen molar-refractivity contribution in [2.24, 2.45) is 0 Å². The van der Waals surface area contributed by atoms with Gasteiger partial charge in [0.1, 0.15) is 17.1 Å². The lowest BCUT2D eigenvalue weighted by molar-refractivity contribution is -0.385. The molecule has 0 heterocycles. The Morgan fingerprint density at radius 3 is 2.50 bits per heavy atom. The number of carboxylic acids is 1. The summed E-state index contributed by atoms with van der Waals surface area (Å²) in [6.07, 6.45) is 0. The molecule has 2 aromatic carbocycles. The molecule has 0 saturated carbocycles. The summed E-state index contributed by atoms with van der Waals surface area (Å²) < 4.78 is 5.49. The molecule has 0 radical (unpaired) electrons. The zero-order valence-electron chi connectivity index (χ0n) is 10.6. The van der Waals surface area contributed by atoms with Crippen LogP contribution in [0, 0.1) is 17.0 Å². The second kappa shape index (κ2) is 5.40. The van der Waals surface area contributed by atoms with Gasteiger partial charge in [-0.1, -0.05) is 12.1 Å². The zero-order chi connectivity index (χ0) is 14.7. The van der Waals surface area contributed by atoms with E-state index in [1.807, 2.05) is 13.0 Å². The number of nitro groups is 1. The number of carboxylic acid groups (broad SMARTS) is 1. The number of aryl methyl sites for hydroxylation is 1. The van der Waals surface area contributed by atoms with Gasteiger partial charge >= 0.3 is 5.97 Å². The average Bonchev–Trinajstić information content (AvgIpc) is 2.38. The van der Waals surface area contributed by atoms with Crippen LogP contribution in [0.4, 0.5) is 5.69 Å². The van der Waals surface area contributed by atoms with Crippen LogP contribution >= 0.6 is 0 Å². The van der Waals surface area contributed by atoms with Crippen molar-refractivity contribution < 1.29 is 19.6 Å². The van der Waals surface area contributed by atoms with Crippen molar-refractivity contribution in [1.82, 2.24) is 0 Å². The van der Waals surface area contributed by atoms with Crippen molar-refractivity contribution in [3.05, 3.63) is 63.7 Å². The molecule has 0 aliphatic heterocycles. The van der Waals surface area contributed by atoms with Gasteiger partial charge in [0.2, 0.25) is 0 Å². The molecule has 0 aliphatic carbocycles. The Morgan fingerprint density at radius 1 is 1.20 bits per heavy atom. The molecule has 0 bridgehead atoms. The Hall–Kier alpha value is -2.89. The van der Waals surface area contributed by atoms with Crippen molar-refractivity contribution in [3.8, 4) is 11.5 Å². The molecule has 6 nitrogen and oxygen atoms in total. The molecule has 20 heavy (non-hydrogen) atoms. The van der Waals surface area contributed by atoms with Crippen molar-refractivity contribution in [2.45, 2.75) is 6.92 Å². The van der Waals surface area contributed by atoms with Gasteiger partial charge in [-0.3, -0.25) is 10.1 Å². The molecule has 0 atom stereocenters. The fraction of sp³-hybridized carbons (Fsp3) is 0.0714. The molecular formula is C14H11NO5. The van der Waals surface area contributed by atoms with Gasteiger partial charge in [-0.25, -0.2) is 4.79 Å². The van der Waals surface area contributed by atoms with Crippen LogP contribution in [0.3, 0.4) is 0 Å². The Kier molecular flexibility index (Phi) is 3.65. The van der Waals surface area contributed by atoms with Gasteiger partial charge in [0.05, 0.1) is 11.0 Å². The fourth-order valence-corrected chi connectivity index (χ4v) is 1.72. The predicted molar refractivity (Wildman–Crippen MR) is 71.3 cm³/mol. The number of aromatic carboxylic acids is 1. The number of ether oxygens (including phenoxy) is 1. The van der Waals surface area contributed by atoms with Gasteiger partial charge in [0.25, 0.3) is 5.69 Å². The molecule has 2 aromatic rings. The molecule has 1 N–H and O–H groups in total. The van der Waals surface area contributed by atoms with Gasteiger partial charge in [-0.2, -0.15) is 0 Å². The maximum absolute atomic E-state index is 10.9. The molecule has 0 saturated heterocycles. The van der Waals surface area contributed by atoms with Crippen LogP contribution in [0.5, 0.6) is 11.5 Å². The third-order valence-electron chi connectivity index (χ3n) is 2.62. The molecule has 0 aliphatic rings. The molecule has 0 spiro atoms. The van der Waals surface area contributed by atoms with Crippen LogP contribution in [0.1, 0.15) is 15.9 Å². The summed E-state index contributed by atoms with van der Waals surface area (Å²) in [5.74, 6) is -0.603. The molecular weight excluding hydrogens is 262 g/mol. The third-order valence-corrected chi connectivity index (χ3v) is 2.62. The number of nitro benzene ring substituents is 1. The molecule has 102 valence electrons. The highest BCUT2D eigenvalue weighted by atomic mass is 16.6. The average molecular weight is 273 g/mol. The highest BCUT2D eigenvalue weighted by molar-refractivity contribution is 5.92. The van der Waals surface area contributed by atoms with Crippen molar-refractivity contribution >= 4 is 11.7 Å². The van der Waals surface area contributed by atoms with Crippen LogP contribution in [-0.4, -0.2) is 16.0 Å².